The Balaban J connectivity index is 2.37. The molecule has 0 aliphatic heterocycles. The second-order valence-corrected chi connectivity index (χ2v) is 8.36. The maximum Gasteiger partial charge on any atom is 0.262 e. The lowest BCUT2D eigenvalue weighted by Crippen LogP contribution is -2.14. The van der Waals surface area contributed by atoms with Gasteiger partial charge in [0.25, 0.3) is 10.0 Å². The lowest BCUT2D eigenvalue weighted by Gasteiger charge is -2.08. The first kappa shape index (κ1) is 15.5. The summed E-state index contributed by atoms with van der Waals surface area (Å²) in [6.07, 6.45) is 1.06. The fraction of sp³-hybridized carbons (Fsp3) is 0.250. The molecule has 21 heavy (non-hydrogen) atoms. The molecule has 0 fully saturated rings. The summed E-state index contributed by atoms with van der Waals surface area (Å²) in [4.78, 5) is 0.0482. The van der Waals surface area contributed by atoms with E-state index in [9.17, 15) is 16.8 Å². The smallest absolute Gasteiger partial charge is 0.262 e. The number of nitrogens with one attached hydrogen (secondary N) is 2. The Bertz CT molecular complexity index is 846. The summed E-state index contributed by atoms with van der Waals surface area (Å²) in [6, 6.07) is 5.03. The summed E-state index contributed by atoms with van der Waals surface area (Å²) >= 11 is 0. The van der Waals surface area contributed by atoms with Crippen LogP contribution < -0.4 is 4.72 Å². The van der Waals surface area contributed by atoms with Gasteiger partial charge in [-0.05, 0) is 38.1 Å². The van der Waals surface area contributed by atoms with Crippen molar-refractivity contribution in [2.45, 2.75) is 23.6 Å². The van der Waals surface area contributed by atoms with Crippen molar-refractivity contribution in [1.82, 2.24) is 10.2 Å². The van der Waals surface area contributed by atoms with E-state index in [0.29, 0.717) is 17.1 Å². The highest BCUT2D eigenvalue weighted by Crippen LogP contribution is 2.22. The topological polar surface area (TPSA) is 109 Å². The fourth-order valence-electron chi connectivity index (χ4n) is 1.76. The number of aromatic nitrogens is 2. The molecule has 0 aliphatic carbocycles. The SMILES string of the molecule is Cc1n[nH]c(C)c1NS(=O)(=O)c1ccc(S(C)(=O)=O)cc1. The van der Waals surface area contributed by atoms with Crippen molar-refractivity contribution >= 4 is 25.5 Å². The number of hydrogen-bond donors (Lipinski definition) is 2. The van der Waals surface area contributed by atoms with Crippen molar-refractivity contribution in [2.75, 3.05) is 11.0 Å². The third-order valence-electron chi connectivity index (χ3n) is 2.93. The minimum Gasteiger partial charge on any atom is -0.280 e. The van der Waals surface area contributed by atoms with Crippen LogP contribution in [0.25, 0.3) is 0 Å². The van der Waals surface area contributed by atoms with E-state index >= 15 is 0 Å². The molecule has 9 heteroatoms. The average molecular weight is 329 g/mol. The van der Waals surface area contributed by atoms with Crippen LogP contribution in [0.2, 0.25) is 0 Å². The molecule has 0 radical (unpaired) electrons. The van der Waals surface area contributed by atoms with Crippen molar-refractivity contribution in [1.29, 1.82) is 0 Å². The van der Waals surface area contributed by atoms with Crippen LogP contribution in [0.3, 0.4) is 0 Å². The van der Waals surface area contributed by atoms with E-state index in [1.165, 1.54) is 24.3 Å². The van der Waals surface area contributed by atoms with Gasteiger partial charge in [0.2, 0.25) is 0 Å². The van der Waals surface area contributed by atoms with Crippen LogP contribution in [0.1, 0.15) is 11.4 Å². The molecule has 0 saturated heterocycles. The second kappa shape index (κ2) is 5.15. The Hall–Kier alpha value is -1.87. The fourth-order valence-corrected chi connectivity index (χ4v) is 3.57. The molecule has 114 valence electrons. The summed E-state index contributed by atoms with van der Waals surface area (Å²) in [7, 11) is -7.15. The number of benzene rings is 1. The normalized spacial score (nSPS) is 12.3. The van der Waals surface area contributed by atoms with Crippen molar-refractivity contribution in [3.05, 3.63) is 35.7 Å². The monoisotopic (exact) mass is 329 g/mol. The predicted molar refractivity (Wildman–Crippen MR) is 78.4 cm³/mol. The number of aromatic amines is 1. The molecule has 0 aliphatic rings. The molecule has 2 aromatic rings. The molecule has 0 unspecified atom stereocenters. The van der Waals surface area contributed by atoms with E-state index in [1.54, 1.807) is 13.8 Å². The van der Waals surface area contributed by atoms with Gasteiger partial charge in [-0.1, -0.05) is 0 Å². The van der Waals surface area contributed by atoms with Gasteiger partial charge in [0.1, 0.15) is 0 Å². The zero-order valence-corrected chi connectivity index (χ0v) is 13.3. The summed E-state index contributed by atoms with van der Waals surface area (Å²) < 4.78 is 49.7. The van der Waals surface area contributed by atoms with E-state index in [-0.39, 0.29) is 9.79 Å². The summed E-state index contributed by atoms with van der Waals surface area (Å²) in [5.41, 5.74) is 1.52. The number of aryl methyl sites for hydroxylation is 2. The highest BCUT2D eigenvalue weighted by Gasteiger charge is 2.18. The van der Waals surface area contributed by atoms with Crippen molar-refractivity contribution in [2.24, 2.45) is 0 Å². The number of hydrogen-bond acceptors (Lipinski definition) is 5. The van der Waals surface area contributed by atoms with Gasteiger partial charge in [-0.25, -0.2) is 16.8 Å². The number of rotatable bonds is 4. The minimum atomic E-state index is -3.80. The molecule has 2 rings (SSSR count). The second-order valence-electron chi connectivity index (χ2n) is 4.66. The lowest BCUT2D eigenvalue weighted by molar-refractivity contribution is 0.597. The maximum atomic E-state index is 12.3. The van der Waals surface area contributed by atoms with E-state index < -0.39 is 19.9 Å². The van der Waals surface area contributed by atoms with Crippen molar-refractivity contribution in [3.63, 3.8) is 0 Å². The molecule has 1 heterocycles. The maximum absolute atomic E-state index is 12.3. The number of anilines is 1. The summed E-state index contributed by atoms with van der Waals surface area (Å²) in [5.74, 6) is 0. The van der Waals surface area contributed by atoms with Crippen LogP contribution in [0.5, 0.6) is 0 Å². The number of nitrogens with zero attached hydrogens (tertiary/aromatic N) is 1. The van der Waals surface area contributed by atoms with Crippen LogP contribution in [0.4, 0.5) is 5.69 Å². The molecule has 7 nitrogen and oxygen atoms in total. The van der Waals surface area contributed by atoms with Gasteiger partial charge in [-0.3, -0.25) is 9.82 Å². The summed E-state index contributed by atoms with van der Waals surface area (Å²) in [5, 5.41) is 6.59. The molecule has 1 aromatic heterocycles. The predicted octanol–water partition coefficient (Wildman–Crippen LogP) is 1.23. The molecular weight excluding hydrogens is 314 g/mol. The van der Waals surface area contributed by atoms with Gasteiger partial charge in [-0.15, -0.1) is 0 Å². The van der Waals surface area contributed by atoms with Crippen LogP contribution in [0.15, 0.2) is 34.1 Å². The van der Waals surface area contributed by atoms with Crippen molar-refractivity contribution < 1.29 is 16.8 Å². The van der Waals surface area contributed by atoms with E-state index in [0.717, 1.165) is 6.26 Å². The lowest BCUT2D eigenvalue weighted by atomic mass is 10.3. The van der Waals surface area contributed by atoms with Gasteiger partial charge in [-0.2, -0.15) is 5.10 Å². The molecule has 0 saturated carbocycles. The molecule has 0 amide bonds. The van der Waals surface area contributed by atoms with Crippen LogP contribution in [-0.4, -0.2) is 33.3 Å². The van der Waals surface area contributed by atoms with Crippen LogP contribution >= 0.6 is 0 Å². The third kappa shape index (κ3) is 3.24. The Morgan fingerprint density at radius 1 is 1.00 bits per heavy atom. The number of sulfonamides is 1. The average Bonchev–Trinajstić information content (AvgIpc) is 2.69. The first-order chi connectivity index (χ1) is 9.61. The van der Waals surface area contributed by atoms with E-state index in [4.69, 9.17) is 0 Å². The number of sulfone groups is 1. The Kier molecular flexibility index (Phi) is 3.81. The van der Waals surface area contributed by atoms with Gasteiger partial charge >= 0.3 is 0 Å². The zero-order chi connectivity index (χ0) is 15.8. The molecular formula is C12H15N3O4S2. The van der Waals surface area contributed by atoms with Crippen LogP contribution in [-0.2, 0) is 19.9 Å². The van der Waals surface area contributed by atoms with E-state index in [2.05, 4.69) is 14.9 Å². The first-order valence-electron chi connectivity index (χ1n) is 5.96. The molecule has 0 atom stereocenters. The largest absolute Gasteiger partial charge is 0.280 e. The minimum absolute atomic E-state index is 0.0186. The van der Waals surface area contributed by atoms with E-state index in [1.807, 2.05) is 0 Å². The molecule has 0 bridgehead atoms. The molecule has 0 spiro atoms. The summed E-state index contributed by atoms with van der Waals surface area (Å²) in [6.45, 7) is 3.37. The Morgan fingerprint density at radius 3 is 1.95 bits per heavy atom. The van der Waals surface area contributed by atoms with Gasteiger partial charge in [0.05, 0.1) is 26.9 Å². The van der Waals surface area contributed by atoms with Gasteiger partial charge in [0, 0.05) is 6.26 Å². The first-order valence-corrected chi connectivity index (χ1v) is 9.33. The Morgan fingerprint density at radius 2 is 1.52 bits per heavy atom. The number of H-pyrrole nitrogens is 1. The highest BCUT2D eigenvalue weighted by molar-refractivity contribution is 7.92. The third-order valence-corrected chi connectivity index (χ3v) is 5.42. The zero-order valence-electron chi connectivity index (χ0n) is 11.7. The standard InChI is InChI=1S/C12H15N3O4S2/c1-8-12(9(2)14-13-8)15-21(18,19)11-6-4-10(5-7-11)20(3,16)17/h4-7,15H,1-3H3,(H,13,14). The van der Waals surface area contributed by atoms with Crippen molar-refractivity contribution in [3.8, 4) is 0 Å². The molecule has 2 N–H and O–H groups in total. The van der Waals surface area contributed by atoms with Crippen LogP contribution in [0, 0.1) is 13.8 Å². The molecule has 1 aromatic carbocycles. The van der Waals surface area contributed by atoms with Gasteiger partial charge in [0.15, 0.2) is 9.84 Å². The highest BCUT2D eigenvalue weighted by atomic mass is 32.2. The quantitative estimate of drug-likeness (QED) is 0.877. The van der Waals surface area contributed by atoms with Gasteiger partial charge < -0.3 is 0 Å². The Labute approximate surface area is 123 Å².